The predicted octanol–water partition coefficient (Wildman–Crippen LogP) is 1.70. The summed E-state index contributed by atoms with van der Waals surface area (Å²) in [5, 5.41) is 20.6. The third-order valence-corrected chi connectivity index (χ3v) is 3.49. The summed E-state index contributed by atoms with van der Waals surface area (Å²) < 4.78 is 1.80. The van der Waals surface area contributed by atoms with Crippen molar-refractivity contribution in [2.75, 3.05) is 13.1 Å². The first-order chi connectivity index (χ1) is 11.2. The summed E-state index contributed by atoms with van der Waals surface area (Å²) in [7, 11) is 1.90. The quantitative estimate of drug-likeness (QED) is 0.346. The number of aromatic nitrogens is 2. The van der Waals surface area contributed by atoms with Crippen LogP contribution in [0.15, 0.2) is 47.6 Å². The maximum absolute atomic E-state index is 10.2. The molecule has 0 saturated carbocycles. The van der Waals surface area contributed by atoms with Gasteiger partial charge in [0, 0.05) is 32.8 Å². The molecule has 0 radical (unpaired) electrons. The van der Waals surface area contributed by atoms with E-state index in [1.165, 1.54) is 0 Å². The number of halogens is 1. The molecule has 0 bridgehead atoms. The molecule has 2 rings (SSSR count). The zero-order valence-corrected chi connectivity index (χ0v) is 16.5. The van der Waals surface area contributed by atoms with Crippen LogP contribution in [-0.2, 0) is 20.0 Å². The number of aliphatic imine (C=N–C) groups is 1. The van der Waals surface area contributed by atoms with Gasteiger partial charge in [-0.25, -0.2) is 4.99 Å². The van der Waals surface area contributed by atoms with Gasteiger partial charge >= 0.3 is 0 Å². The third kappa shape index (κ3) is 6.88. The number of aliphatic hydroxyl groups excluding tert-OH is 1. The smallest absolute Gasteiger partial charge is 0.191 e. The highest BCUT2D eigenvalue weighted by Crippen LogP contribution is 2.02. The molecular formula is C17H26IN5O. The van der Waals surface area contributed by atoms with Gasteiger partial charge in [-0.05, 0) is 18.6 Å². The number of aliphatic hydroxyl groups is 1. The van der Waals surface area contributed by atoms with Gasteiger partial charge in [-0.2, -0.15) is 5.10 Å². The van der Waals surface area contributed by atoms with Crippen molar-refractivity contribution in [3.8, 4) is 0 Å². The molecule has 2 aromatic rings. The number of benzene rings is 1. The van der Waals surface area contributed by atoms with Crippen LogP contribution < -0.4 is 10.6 Å². The van der Waals surface area contributed by atoms with E-state index in [-0.39, 0.29) is 24.0 Å². The normalized spacial score (nSPS) is 12.4. The van der Waals surface area contributed by atoms with E-state index >= 15 is 0 Å². The largest absolute Gasteiger partial charge is 0.391 e. The highest BCUT2D eigenvalue weighted by atomic mass is 127. The van der Waals surface area contributed by atoms with Crippen LogP contribution in [0.4, 0.5) is 0 Å². The minimum atomic E-state index is -0.460. The Labute approximate surface area is 160 Å². The molecule has 0 aliphatic rings. The van der Waals surface area contributed by atoms with E-state index in [9.17, 15) is 5.11 Å². The number of nitrogens with one attached hydrogen (secondary N) is 2. The topological polar surface area (TPSA) is 74.5 Å². The van der Waals surface area contributed by atoms with Gasteiger partial charge in [0.1, 0.15) is 0 Å². The maximum Gasteiger partial charge on any atom is 0.191 e. The Morgan fingerprint density at radius 1 is 1.25 bits per heavy atom. The fourth-order valence-electron chi connectivity index (χ4n) is 2.23. The predicted molar refractivity (Wildman–Crippen MR) is 108 cm³/mol. The van der Waals surface area contributed by atoms with Gasteiger partial charge < -0.3 is 15.7 Å². The highest BCUT2D eigenvalue weighted by molar-refractivity contribution is 14.0. The average Bonchev–Trinajstić information content (AvgIpc) is 2.96. The van der Waals surface area contributed by atoms with Crippen molar-refractivity contribution in [3.63, 3.8) is 0 Å². The van der Waals surface area contributed by atoms with Crippen molar-refractivity contribution in [1.29, 1.82) is 0 Å². The maximum atomic E-state index is 10.2. The number of hydrogen-bond acceptors (Lipinski definition) is 3. The van der Waals surface area contributed by atoms with Gasteiger partial charge in [0.05, 0.1) is 18.3 Å². The lowest BCUT2D eigenvalue weighted by molar-refractivity contribution is 0.177. The monoisotopic (exact) mass is 443 g/mol. The molecule has 132 valence electrons. The molecule has 0 spiro atoms. The first-order valence-corrected chi connectivity index (χ1v) is 7.90. The molecule has 6 nitrogen and oxygen atoms in total. The van der Waals surface area contributed by atoms with E-state index in [1.807, 2.05) is 50.4 Å². The molecule has 0 aliphatic heterocycles. The third-order valence-electron chi connectivity index (χ3n) is 3.49. The molecule has 0 saturated heterocycles. The van der Waals surface area contributed by atoms with E-state index in [0.29, 0.717) is 25.5 Å². The minimum absolute atomic E-state index is 0. The van der Waals surface area contributed by atoms with Crippen molar-refractivity contribution in [3.05, 3.63) is 53.9 Å². The fraction of sp³-hybridized carbons (Fsp3) is 0.412. The van der Waals surface area contributed by atoms with Crippen LogP contribution >= 0.6 is 24.0 Å². The number of guanidine groups is 1. The Morgan fingerprint density at radius 2 is 2.00 bits per heavy atom. The van der Waals surface area contributed by atoms with Crippen LogP contribution in [-0.4, -0.2) is 40.0 Å². The standard InChI is InChI=1S/C17H25N5O.HI/c1-3-18-17(19-12-15-9-10-21-22(15)2)20-13-16(23)11-14-7-5-4-6-8-14;/h4-10,16,23H,3,11-13H2,1-2H3,(H2,18,19,20);1H. The van der Waals surface area contributed by atoms with Crippen LogP contribution in [0.25, 0.3) is 0 Å². The number of aryl methyl sites for hydroxylation is 1. The van der Waals surface area contributed by atoms with E-state index in [1.54, 1.807) is 10.9 Å². The Balaban J connectivity index is 0.00000288. The Hall–Kier alpha value is -1.61. The zero-order valence-electron chi connectivity index (χ0n) is 14.1. The molecule has 1 heterocycles. The summed E-state index contributed by atoms with van der Waals surface area (Å²) in [6, 6.07) is 11.9. The molecule has 0 fully saturated rings. The second-order valence-electron chi connectivity index (χ2n) is 5.37. The minimum Gasteiger partial charge on any atom is -0.391 e. The summed E-state index contributed by atoms with van der Waals surface area (Å²) >= 11 is 0. The molecule has 0 amide bonds. The molecule has 1 aromatic carbocycles. The fourth-order valence-corrected chi connectivity index (χ4v) is 2.23. The van der Waals surface area contributed by atoms with Gasteiger partial charge in [0.2, 0.25) is 0 Å². The van der Waals surface area contributed by atoms with Crippen LogP contribution in [0.5, 0.6) is 0 Å². The molecule has 1 atom stereocenters. The lowest BCUT2D eigenvalue weighted by Gasteiger charge is -2.15. The van der Waals surface area contributed by atoms with Crippen LogP contribution in [0.2, 0.25) is 0 Å². The SMILES string of the molecule is CCNC(=NCc1ccnn1C)NCC(O)Cc1ccccc1.I. The Bertz CT molecular complexity index is 614. The molecular weight excluding hydrogens is 417 g/mol. The molecule has 0 aliphatic carbocycles. The lowest BCUT2D eigenvalue weighted by Crippen LogP contribution is -2.41. The van der Waals surface area contributed by atoms with Gasteiger partial charge in [0.25, 0.3) is 0 Å². The first kappa shape index (κ1) is 20.4. The van der Waals surface area contributed by atoms with E-state index in [4.69, 9.17) is 0 Å². The second kappa shape index (κ2) is 11.0. The van der Waals surface area contributed by atoms with Crippen LogP contribution in [0.3, 0.4) is 0 Å². The Morgan fingerprint density at radius 3 is 2.62 bits per heavy atom. The molecule has 3 N–H and O–H groups in total. The summed E-state index contributed by atoms with van der Waals surface area (Å²) in [5.41, 5.74) is 2.16. The van der Waals surface area contributed by atoms with Crippen molar-refractivity contribution in [1.82, 2.24) is 20.4 Å². The number of rotatable bonds is 7. The highest BCUT2D eigenvalue weighted by Gasteiger charge is 2.07. The van der Waals surface area contributed by atoms with Gasteiger partial charge in [-0.15, -0.1) is 24.0 Å². The molecule has 7 heteroatoms. The molecule has 1 unspecified atom stereocenters. The van der Waals surface area contributed by atoms with Gasteiger partial charge in [0.15, 0.2) is 5.96 Å². The summed E-state index contributed by atoms with van der Waals surface area (Å²) in [6.45, 7) is 3.78. The summed E-state index contributed by atoms with van der Waals surface area (Å²) in [6.07, 6.45) is 1.92. The summed E-state index contributed by atoms with van der Waals surface area (Å²) in [4.78, 5) is 4.52. The zero-order chi connectivity index (χ0) is 16.5. The summed E-state index contributed by atoms with van der Waals surface area (Å²) in [5.74, 6) is 0.695. The first-order valence-electron chi connectivity index (χ1n) is 7.90. The van der Waals surface area contributed by atoms with Gasteiger partial charge in [-0.1, -0.05) is 30.3 Å². The van der Waals surface area contributed by atoms with Crippen molar-refractivity contribution in [2.45, 2.75) is 26.0 Å². The van der Waals surface area contributed by atoms with Crippen molar-refractivity contribution < 1.29 is 5.11 Å². The molecule has 24 heavy (non-hydrogen) atoms. The average molecular weight is 443 g/mol. The lowest BCUT2D eigenvalue weighted by atomic mass is 10.1. The second-order valence-corrected chi connectivity index (χ2v) is 5.37. The van der Waals surface area contributed by atoms with Crippen molar-refractivity contribution >= 4 is 29.9 Å². The van der Waals surface area contributed by atoms with Crippen LogP contribution in [0, 0.1) is 0 Å². The van der Waals surface area contributed by atoms with E-state index in [2.05, 4.69) is 20.7 Å². The number of nitrogens with zero attached hydrogens (tertiary/aromatic N) is 3. The van der Waals surface area contributed by atoms with E-state index < -0.39 is 6.10 Å². The van der Waals surface area contributed by atoms with Crippen LogP contribution in [0.1, 0.15) is 18.2 Å². The number of hydrogen-bond donors (Lipinski definition) is 3. The Kier molecular flexibility index (Phi) is 9.39. The van der Waals surface area contributed by atoms with Gasteiger partial charge in [-0.3, -0.25) is 4.68 Å². The van der Waals surface area contributed by atoms with Crippen molar-refractivity contribution in [2.24, 2.45) is 12.0 Å². The molecule has 1 aromatic heterocycles. The van der Waals surface area contributed by atoms with E-state index in [0.717, 1.165) is 17.8 Å².